The van der Waals surface area contributed by atoms with Gasteiger partial charge in [-0.25, -0.2) is 9.18 Å². The lowest BCUT2D eigenvalue weighted by atomic mass is 10.2. The molecule has 3 fully saturated rings. The summed E-state index contributed by atoms with van der Waals surface area (Å²) in [6.07, 6.45) is 1.03. The van der Waals surface area contributed by atoms with Crippen LogP contribution in [0.2, 0.25) is 0 Å². The zero-order valence-corrected chi connectivity index (χ0v) is 13.7. The first kappa shape index (κ1) is 15.7. The largest absolute Gasteiger partial charge is 0.378 e. The molecule has 0 aliphatic carbocycles. The van der Waals surface area contributed by atoms with Crippen LogP contribution in [0.1, 0.15) is 6.42 Å². The van der Waals surface area contributed by atoms with Gasteiger partial charge in [-0.05, 0) is 24.6 Å². The highest BCUT2D eigenvalue weighted by atomic mass is 19.1. The van der Waals surface area contributed by atoms with Crippen molar-refractivity contribution in [3.8, 4) is 0 Å². The van der Waals surface area contributed by atoms with Gasteiger partial charge >= 0.3 is 6.03 Å². The molecule has 3 saturated heterocycles. The first-order valence-corrected chi connectivity index (χ1v) is 8.63. The van der Waals surface area contributed by atoms with Crippen LogP contribution in [0.4, 0.5) is 20.6 Å². The smallest absolute Gasteiger partial charge is 0.322 e. The van der Waals surface area contributed by atoms with Crippen molar-refractivity contribution in [1.29, 1.82) is 0 Å². The van der Waals surface area contributed by atoms with Gasteiger partial charge in [0.05, 0.1) is 18.9 Å². The van der Waals surface area contributed by atoms with E-state index < -0.39 is 0 Å². The lowest BCUT2D eigenvalue weighted by Crippen LogP contribution is -2.51. The molecule has 2 atom stereocenters. The molecule has 1 N–H and O–H groups in total. The van der Waals surface area contributed by atoms with Gasteiger partial charge in [0.25, 0.3) is 0 Å². The molecule has 3 heterocycles. The summed E-state index contributed by atoms with van der Waals surface area (Å²) in [7, 11) is 0. The van der Waals surface area contributed by atoms with Gasteiger partial charge in [-0.3, -0.25) is 4.90 Å². The standard InChI is InChI=1S/C17H23FN4O2/c18-15-11-13(1-2-16(15)21-7-9-24-10-8-21)19-17(23)22-6-5-20-4-3-14(22)12-20/h1-2,11,14H,3-10,12H2,(H,19,23). The molecule has 7 heteroatoms. The molecule has 130 valence electrons. The van der Waals surface area contributed by atoms with E-state index in [0.29, 0.717) is 37.7 Å². The number of nitrogens with one attached hydrogen (secondary N) is 1. The number of carbonyl (C=O) groups is 1. The number of morpholine rings is 1. The van der Waals surface area contributed by atoms with E-state index in [1.165, 1.54) is 6.07 Å². The molecule has 24 heavy (non-hydrogen) atoms. The van der Waals surface area contributed by atoms with Gasteiger partial charge in [0, 0.05) is 51.0 Å². The number of benzene rings is 1. The first-order chi connectivity index (χ1) is 11.7. The molecular formula is C17H23FN4O2. The van der Waals surface area contributed by atoms with Gasteiger partial charge in [-0.2, -0.15) is 0 Å². The van der Waals surface area contributed by atoms with Crippen molar-refractivity contribution in [2.24, 2.45) is 0 Å². The molecule has 0 saturated carbocycles. The predicted octanol–water partition coefficient (Wildman–Crippen LogP) is 1.58. The number of hydrogen-bond donors (Lipinski definition) is 1. The Morgan fingerprint density at radius 2 is 2.00 bits per heavy atom. The Morgan fingerprint density at radius 3 is 2.79 bits per heavy atom. The summed E-state index contributed by atoms with van der Waals surface area (Å²) in [5.41, 5.74) is 1.08. The van der Waals surface area contributed by atoms with E-state index in [1.807, 2.05) is 9.80 Å². The van der Waals surface area contributed by atoms with Crippen LogP contribution in [0.15, 0.2) is 18.2 Å². The van der Waals surface area contributed by atoms with Gasteiger partial charge in [-0.1, -0.05) is 0 Å². The molecule has 2 bridgehead atoms. The van der Waals surface area contributed by atoms with Crippen LogP contribution in [-0.4, -0.2) is 74.4 Å². The number of ether oxygens (including phenoxy) is 1. The van der Waals surface area contributed by atoms with Crippen molar-refractivity contribution >= 4 is 17.4 Å². The van der Waals surface area contributed by atoms with Gasteiger partial charge in [0.15, 0.2) is 0 Å². The van der Waals surface area contributed by atoms with E-state index >= 15 is 0 Å². The van der Waals surface area contributed by atoms with Crippen LogP contribution in [-0.2, 0) is 4.74 Å². The SMILES string of the molecule is O=C(Nc1ccc(N2CCOCC2)c(F)c1)N1CCN2CCC1C2. The summed E-state index contributed by atoms with van der Waals surface area (Å²) in [5.74, 6) is -0.305. The zero-order chi connectivity index (χ0) is 16.5. The monoisotopic (exact) mass is 334 g/mol. The molecule has 6 nitrogen and oxygen atoms in total. The van der Waals surface area contributed by atoms with Gasteiger partial charge in [0.2, 0.25) is 0 Å². The van der Waals surface area contributed by atoms with Gasteiger partial charge in [0.1, 0.15) is 5.82 Å². The fraction of sp³-hybridized carbons (Fsp3) is 0.588. The molecule has 3 aliphatic rings. The van der Waals surface area contributed by atoms with Crippen molar-refractivity contribution in [2.75, 3.05) is 62.7 Å². The third-order valence-corrected chi connectivity index (χ3v) is 5.16. The van der Waals surface area contributed by atoms with Gasteiger partial charge < -0.3 is 19.9 Å². The minimum absolute atomic E-state index is 0.125. The summed E-state index contributed by atoms with van der Waals surface area (Å²) < 4.78 is 19.7. The van der Waals surface area contributed by atoms with Crippen LogP contribution in [0.3, 0.4) is 0 Å². The fourth-order valence-electron chi connectivity index (χ4n) is 3.81. The zero-order valence-electron chi connectivity index (χ0n) is 13.7. The number of anilines is 2. The third-order valence-electron chi connectivity index (χ3n) is 5.16. The molecule has 0 radical (unpaired) electrons. The summed E-state index contributed by atoms with van der Waals surface area (Å²) in [5, 5.41) is 2.85. The van der Waals surface area contributed by atoms with E-state index in [1.54, 1.807) is 12.1 Å². The lowest BCUT2D eigenvalue weighted by molar-refractivity contribution is 0.122. The van der Waals surface area contributed by atoms with Crippen molar-refractivity contribution in [3.05, 3.63) is 24.0 Å². The van der Waals surface area contributed by atoms with Crippen LogP contribution in [0.5, 0.6) is 0 Å². The Labute approximate surface area is 141 Å². The van der Waals surface area contributed by atoms with Crippen LogP contribution < -0.4 is 10.2 Å². The molecule has 4 rings (SSSR count). The number of amides is 2. The average Bonchev–Trinajstić information content (AvgIpc) is 2.96. The molecule has 2 amide bonds. The van der Waals surface area contributed by atoms with E-state index in [2.05, 4.69) is 10.2 Å². The number of rotatable bonds is 2. The van der Waals surface area contributed by atoms with Crippen LogP contribution in [0, 0.1) is 5.82 Å². The van der Waals surface area contributed by atoms with E-state index in [-0.39, 0.29) is 17.9 Å². The molecule has 1 aromatic carbocycles. The van der Waals surface area contributed by atoms with Crippen molar-refractivity contribution < 1.29 is 13.9 Å². The number of fused-ring (bicyclic) bond motifs is 2. The quantitative estimate of drug-likeness (QED) is 0.892. The second-order valence-corrected chi connectivity index (χ2v) is 6.63. The van der Waals surface area contributed by atoms with E-state index in [9.17, 15) is 9.18 Å². The van der Waals surface area contributed by atoms with Gasteiger partial charge in [-0.15, -0.1) is 0 Å². The van der Waals surface area contributed by atoms with Crippen molar-refractivity contribution in [2.45, 2.75) is 12.5 Å². The van der Waals surface area contributed by atoms with Crippen LogP contribution in [0.25, 0.3) is 0 Å². The topological polar surface area (TPSA) is 48.1 Å². The molecular weight excluding hydrogens is 311 g/mol. The number of piperazine rings is 1. The lowest BCUT2D eigenvalue weighted by Gasteiger charge is -2.34. The highest BCUT2D eigenvalue weighted by molar-refractivity contribution is 5.90. The molecule has 2 unspecified atom stereocenters. The number of nitrogens with zero attached hydrogens (tertiary/aromatic N) is 3. The average molecular weight is 334 g/mol. The minimum Gasteiger partial charge on any atom is -0.378 e. The predicted molar refractivity (Wildman–Crippen MR) is 90.0 cm³/mol. The molecule has 0 aromatic heterocycles. The Kier molecular flexibility index (Phi) is 4.28. The Morgan fingerprint density at radius 1 is 1.17 bits per heavy atom. The summed E-state index contributed by atoms with van der Waals surface area (Å²) in [6, 6.07) is 5.09. The highest BCUT2D eigenvalue weighted by Gasteiger charge is 2.35. The maximum absolute atomic E-state index is 14.4. The Balaban J connectivity index is 1.42. The first-order valence-electron chi connectivity index (χ1n) is 8.63. The summed E-state index contributed by atoms with van der Waals surface area (Å²) in [4.78, 5) is 18.7. The minimum atomic E-state index is -0.305. The molecule has 0 spiro atoms. The fourth-order valence-corrected chi connectivity index (χ4v) is 3.81. The normalized spacial score (nSPS) is 26.5. The highest BCUT2D eigenvalue weighted by Crippen LogP contribution is 2.25. The number of urea groups is 1. The maximum Gasteiger partial charge on any atom is 0.322 e. The number of carbonyl (C=O) groups excluding carboxylic acids is 1. The second-order valence-electron chi connectivity index (χ2n) is 6.63. The van der Waals surface area contributed by atoms with Crippen LogP contribution >= 0.6 is 0 Å². The molecule has 1 aromatic rings. The Bertz CT molecular complexity index is 621. The number of halogens is 1. The molecule has 3 aliphatic heterocycles. The second kappa shape index (κ2) is 6.57. The van der Waals surface area contributed by atoms with Crippen molar-refractivity contribution in [1.82, 2.24) is 9.80 Å². The summed E-state index contributed by atoms with van der Waals surface area (Å²) >= 11 is 0. The van der Waals surface area contributed by atoms with E-state index in [0.717, 1.165) is 32.6 Å². The maximum atomic E-state index is 14.4. The van der Waals surface area contributed by atoms with Crippen molar-refractivity contribution in [3.63, 3.8) is 0 Å². The third kappa shape index (κ3) is 3.06. The summed E-state index contributed by atoms with van der Waals surface area (Å²) in [6.45, 7) is 6.30. The number of hydrogen-bond acceptors (Lipinski definition) is 4. The Hall–Kier alpha value is -1.86. The van der Waals surface area contributed by atoms with E-state index in [4.69, 9.17) is 4.74 Å².